The Morgan fingerprint density at radius 3 is 1.27 bits per heavy atom. The molecule has 0 spiro atoms. The number of hydroxylamine groups is 3. The minimum atomic E-state index is -0.779. The molecular weight excluding hydrogens is 763 g/mol. The number of hydrogen-bond donors (Lipinski definition) is 8. The fourth-order valence-electron chi connectivity index (χ4n) is 7.87. The van der Waals surface area contributed by atoms with Gasteiger partial charge >= 0.3 is 5.97 Å². The number of rotatable bonds is 17. The summed E-state index contributed by atoms with van der Waals surface area (Å²) >= 11 is 0. The highest BCUT2D eigenvalue weighted by molar-refractivity contribution is 5.84. The molecular formula is C46H67N7O7. The maximum Gasteiger partial charge on any atom is 0.320 e. The van der Waals surface area contributed by atoms with Crippen LogP contribution in [0.5, 0.6) is 0 Å². The van der Waals surface area contributed by atoms with Crippen molar-refractivity contribution in [1.82, 2.24) is 32.4 Å². The maximum absolute atomic E-state index is 12.5. The normalized spacial score (nSPS) is 24.5. The number of piperidine rings is 3. The van der Waals surface area contributed by atoms with Gasteiger partial charge < -0.3 is 26.8 Å². The van der Waals surface area contributed by atoms with Gasteiger partial charge in [0.1, 0.15) is 11.8 Å². The van der Waals surface area contributed by atoms with Crippen molar-refractivity contribution in [2.24, 2.45) is 11.7 Å². The van der Waals surface area contributed by atoms with Crippen molar-refractivity contribution in [3.63, 3.8) is 0 Å². The molecule has 14 heteroatoms. The van der Waals surface area contributed by atoms with Crippen LogP contribution in [-0.2, 0) is 48.7 Å². The van der Waals surface area contributed by atoms with Crippen LogP contribution in [-0.4, -0.2) is 78.7 Å². The molecule has 6 atom stereocenters. The summed E-state index contributed by atoms with van der Waals surface area (Å²) < 4.78 is 0. The van der Waals surface area contributed by atoms with Crippen molar-refractivity contribution in [1.29, 1.82) is 0 Å². The molecule has 14 nitrogen and oxygen atoms in total. The van der Waals surface area contributed by atoms with E-state index in [4.69, 9.17) is 25.4 Å². The van der Waals surface area contributed by atoms with Crippen LogP contribution in [0.15, 0.2) is 91.0 Å². The molecule has 3 heterocycles. The number of nitrogens with two attached hydrogens (primary N) is 1. The number of carbonyl (C=O) groups is 3. The van der Waals surface area contributed by atoms with Crippen LogP contribution in [0.2, 0.25) is 0 Å². The minimum Gasteiger partial charge on any atom is -0.480 e. The topological polar surface area (TPSA) is 197 Å². The predicted octanol–water partition coefficient (Wildman–Crippen LogP) is 4.59. The van der Waals surface area contributed by atoms with Crippen molar-refractivity contribution in [2.45, 2.75) is 133 Å². The molecule has 3 aliphatic heterocycles. The summed E-state index contributed by atoms with van der Waals surface area (Å²) in [6.45, 7) is 3.74. The molecule has 1 saturated carbocycles. The van der Waals surface area contributed by atoms with E-state index >= 15 is 0 Å². The number of Topliss-reactive ketones (excluding diaryl/α,β-unsaturated/α-hetero) is 1. The van der Waals surface area contributed by atoms with E-state index in [2.05, 4.69) is 44.5 Å². The Bertz CT molecular complexity index is 1550. The van der Waals surface area contributed by atoms with Crippen molar-refractivity contribution >= 4 is 17.7 Å². The monoisotopic (exact) mass is 830 g/mol. The van der Waals surface area contributed by atoms with Gasteiger partial charge in [0.2, 0.25) is 5.91 Å². The van der Waals surface area contributed by atoms with E-state index in [0.29, 0.717) is 51.0 Å². The van der Waals surface area contributed by atoms with Crippen molar-refractivity contribution in [2.75, 3.05) is 19.6 Å². The second kappa shape index (κ2) is 27.0. The first-order valence-electron chi connectivity index (χ1n) is 21.8. The van der Waals surface area contributed by atoms with Gasteiger partial charge in [-0.2, -0.15) is 16.4 Å². The zero-order chi connectivity index (χ0) is 42.2. The van der Waals surface area contributed by atoms with E-state index in [9.17, 15) is 14.4 Å². The highest BCUT2D eigenvalue weighted by Crippen LogP contribution is 2.27. The minimum absolute atomic E-state index is 0.0547. The molecule has 9 N–H and O–H groups in total. The van der Waals surface area contributed by atoms with Crippen LogP contribution in [0.4, 0.5) is 0 Å². The molecule has 7 rings (SSSR count). The van der Waals surface area contributed by atoms with Gasteiger partial charge in [-0.25, -0.2) is 0 Å². The molecule has 0 radical (unpaired) electrons. The highest BCUT2D eigenvalue weighted by atomic mass is 16.7. The molecule has 1 aliphatic carbocycles. The lowest BCUT2D eigenvalue weighted by Gasteiger charge is -2.30. The smallest absolute Gasteiger partial charge is 0.320 e. The molecule has 60 heavy (non-hydrogen) atoms. The Balaban J connectivity index is 0.000000174. The van der Waals surface area contributed by atoms with Crippen LogP contribution in [0.3, 0.4) is 0 Å². The molecule has 0 unspecified atom stereocenters. The van der Waals surface area contributed by atoms with Gasteiger partial charge in [-0.3, -0.25) is 28.9 Å². The Kier molecular flexibility index (Phi) is 21.1. The second-order valence-electron chi connectivity index (χ2n) is 16.3. The number of benzene rings is 3. The summed E-state index contributed by atoms with van der Waals surface area (Å²) in [5.74, 6) is 0.000894. The fraction of sp³-hybridized carbons (Fsp3) is 0.543. The molecule has 1 amide bonds. The lowest BCUT2D eigenvalue weighted by Crippen LogP contribution is -2.52. The standard InChI is InChI=1S/C20H30N2O2.C13H19N3O2.C13H18N2O3/c23-20(13-16-7-3-1-4-8-16)19-12-11-18(14-21-19)22-24-15-17-9-5-2-6-10-17;14-13(17)12-7-6-11(8-15-12)16-18-9-10-4-2-1-3-5-10;16-13(17)12-7-6-11(8-14-12)15-18-9-10-4-2-1-3-5-10/h2,5-6,9-10,16,18-19,21-22H,1,3-4,7-8,11-15H2;1-5,11-12,15-16H,6-9H2,(H2,14,17);1-5,11-12,14-15H,6-9H2,(H,16,17)/t18-,19+;2*11-,12+/m111/s1. The van der Waals surface area contributed by atoms with Gasteiger partial charge in [0, 0.05) is 44.2 Å². The third-order valence-electron chi connectivity index (χ3n) is 11.5. The van der Waals surface area contributed by atoms with Crippen LogP contribution in [0.25, 0.3) is 0 Å². The first-order chi connectivity index (χ1) is 29.3. The Labute approximate surface area is 355 Å². The van der Waals surface area contributed by atoms with E-state index in [-0.39, 0.29) is 36.1 Å². The van der Waals surface area contributed by atoms with Crippen LogP contribution in [0, 0.1) is 5.92 Å². The summed E-state index contributed by atoms with van der Waals surface area (Å²) in [5.41, 5.74) is 17.8. The van der Waals surface area contributed by atoms with E-state index < -0.39 is 12.0 Å². The lowest BCUT2D eigenvalue weighted by molar-refractivity contribution is -0.140. The number of ketones is 1. The molecule has 3 aromatic carbocycles. The van der Waals surface area contributed by atoms with Gasteiger partial charge in [-0.1, -0.05) is 123 Å². The van der Waals surface area contributed by atoms with Crippen molar-refractivity contribution in [3.8, 4) is 0 Å². The first kappa shape index (κ1) is 47.0. The lowest BCUT2D eigenvalue weighted by atomic mass is 9.83. The van der Waals surface area contributed by atoms with Gasteiger partial charge in [0.05, 0.1) is 31.9 Å². The second-order valence-corrected chi connectivity index (χ2v) is 16.3. The molecule has 328 valence electrons. The molecule has 3 saturated heterocycles. The Morgan fingerprint density at radius 1 is 0.533 bits per heavy atom. The Morgan fingerprint density at radius 2 is 0.917 bits per heavy atom. The number of carboxylic acids is 1. The zero-order valence-corrected chi connectivity index (χ0v) is 34.9. The third-order valence-corrected chi connectivity index (χ3v) is 11.5. The number of primary amides is 1. The maximum atomic E-state index is 12.5. The van der Waals surface area contributed by atoms with E-state index in [0.717, 1.165) is 61.8 Å². The summed E-state index contributed by atoms with van der Waals surface area (Å²) in [7, 11) is 0. The highest BCUT2D eigenvalue weighted by Gasteiger charge is 2.28. The predicted molar refractivity (Wildman–Crippen MR) is 231 cm³/mol. The van der Waals surface area contributed by atoms with E-state index in [1.807, 2.05) is 78.9 Å². The quantitative estimate of drug-likeness (QED) is 0.0881. The molecule has 3 aromatic rings. The van der Waals surface area contributed by atoms with Gasteiger partial charge in [0.15, 0.2) is 0 Å². The summed E-state index contributed by atoms with van der Waals surface area (Å²) in [6, 6.07) is 30.2. The number of nitrogens with one attached hydrogen (secondary N) is 6. The van der Waals surface area contributed by atoms with Gasteiger partial charge in [-0.05, 0) is 61.1 Å². The number of aliphatic carboxylic acids is 1. The summed E-state index contributed by atoms with van der Waals surface area (Å²) in [4.78, 5) is 50.6. The van der Waals surface area contributed by atoms with Gasteiger partial charge in [0.25, 0.3) is 0 Å². The molecule has 4 fully saturated rings. The number of amides is 1. The summed E-state index contributed by atoms with van der Waals surface area (Å²) in [5, 5.41) is 18.3. The molecule has 4 aliphatic rings. The fourth-order valence-corrected chi connectivity index (χ4v) is 7.87. The average Bonchev–Trinajstić information content (AvgIpc) is 3.29. The number of carboxylic acid groups (broad SMARTS) is 1. The largest absolute Gasteiger partial charge is 0.480 e. The molecule has 0 bridgehead atoms. The van der Waals surface area contributed by atoms with Crippen LogP contribution in [0.1, 0.15) is 93.7 Å². The van der Waals surface area contributed by atoms with Crippen LogP contribution >= 0.6 is 0 Å². The van der Waals surface area contributed by atoms with E-state index in [1.54, 1.807) is 0 Å². The number of hydrogen-bond acceptors (Lipinski definition) is 12. The third kappa shape index (κ3) is 17.9. The van der Waals surface area contributed by atoms with Crippen molar-refractivity contribution < 1.29 is 34.0 Å². The molecule has 0 aromatic heterocycles. The number of carbonyl (C=O) groups excluding carboxylic acids is 2. The van der Waals surface area contributed by atoms with Crippen molar-refractivity contribution in [3.05, 3.63) is 108 Å². The average molecular weight is 830 g/mol. The van der Waals surface area contributed by atoms with Crippen LogP contribution < -0.4 is 38.1 Å². The first-order valence-corrected chi connectivity index (χ1v) is 21.8. The zero-order valence-electron chi connectivity index (χ0n) is 34.9. The van der Waals surface area contributed by atoms with E-state index in [1.165, 1.54) is 32.1 Å². The summed E-state index contributed by atoms with van der Waals surface area (Å²) in [6.07, 6.45) is 12.2. The van der Waals surface area contributed by atoms with Gasteiger partial charge in [-0.15, -0.1) is 0 Å². The Hall–Kier alpha value is -4.09. The SMILES string of the molecule is NC(=O)[C@@H]1CC[C@@H](NOCc2ccccc2)CN1.O=C(CC1CCCCC1)[C@@H]1CC[C@@H](NOCc2ccccc2)CN1.O=C(O)[C@@H]1CC[C@@H](NOCc2ccccc2)CN1.